The van der Waals surface area contributed by atoms with Gasteiger partial charge in [0, 0.05) is 57.8 Å². The molecule has 0 saturated carbocycles. The predicted octanol–water partition coefficient (Wildman–Crippen LogP) is 6.49. The van der Waals surface area contributed by atoms with Crippen molar-refractivity contribution in [1.29, 1.82) is 0 Å². The van der Waals surface area contributed by atoms with Gasteiger partial charge in [0.25, 0.3) is 0 Å². The van der Waals surface area contributed by atoms with Crippen molar-refractivity contribution in [1.82, 2.24) is 10.6 Å². The first-order valence-corrected chi connectivity index (χ1v) is 15.4. The van der Waals surface area contributed by atoms with Gasteiger partial charge in [0.15, 0.2) is 0 Å². The molecule has 6 nitrogen and oxygen atoms in total. The topological polar surface area (TPSA) is 68.8 Å². The standard InChI is InChI=1S/C33H37BCl2N2O4/c1-32(2)33(3,4)42-34(41-32)25-11-7-10-24(31(25)36)23-9-6-8-22(30(23)35)20-16-19-12-14-26(29(19)27(17-20)40-5)37-18-21-13-15-28(39)38-21/h6-11,16-17,21,26,37H,12-15,18H2,1-5H3,(H,38,39)/t21-,26?/m0/s1. The van der Waals surface area contributed by atoms with Gasteiger partial charge in [-0.2, -0.15) is 0 Å². The molecule has 0 radical (unpaired) electrons. The normalized spacial score (nSPS) is 22.4. The lowest BCUT2D eigenvalue weighted by Gasteiger charge is -2.32. The van der Waals surface area contributed by atoms with Gasteiger partial charge in [-0.1, -0.05) is 65.7 Å². The van der Waals surface area contributed by atoms with E-state index < -0.39 is 18.3 Å². The Bertz CT molecular complexity index is 1530. The monoisotopic (exact) mass is 606 g/mol. The summed E-state index contributed by atoms with van der Waals surface area (Å²) in [6.07, 6.45) is 3.40. The van der Waals surface area contributed by atoms with E-state index >= 15 is 0 Å². The number of ether oxygens (including phenoxy) is 1. The summed E-state index contributed by atoms with van der Waals surface area (Å²) in [5, 5.41) is 7.90. The number of carbonyl (C=O) groups is 1. The van der Waals surface area contributed by atoms with Crippen LogP contribution in [0.2, 0.25) is 10.0 Å². The Hall–Kier alpha value is -2.55. The van der Waals surface area contributed by atoms with Crippen LogP contribution in [-0.2, 0) is 20.5 Å². The van der Waals surface area contributed by atoms with Crippen molar-refractivity contribution in [3.8, 4) is 28.0 Å². The molecule has 2 saturated heterocycles. The molecule has 0 spiro atoms. The molecule has 3 aromatic rings. The minimum Gasteiger partial charge on any atom is -0.496 e. The Kier molecular flexibility index (Phi) is 7.86. The number of hydrogen-bond donors (Lipinski definition) is 2. The first kappa shape index (κ1) is 29.5. The van der Waals surface area contributed by atoms with E-state index in [0.717, 1.165) is 59.3 Å². The Morgan fingerprint density at radius 1 is 0.952 bits per heavy atom. The van der Waals surface area contributed by atoms with Crippen LogP contribution in [0.25, 0.3) is 22.3 Å². The van der Waals surface area contributed by atoms with Crippen molar-refractivity contribution >= 4 is 41.7 Å². The fraction of sp³-hybridized carbons (Fsp3) is 0.424. The van der Waals surface area contributed by atoms with Gasteiger partial charge in [-0.15, -0.1) is 0 Å². The molecular formula is C33H37BCl2N2O4. The molecule has 1 aliphatic carbocycles. The number of amides is 1. The number of rotatable bonds is 7. The maximum Gasteiger partial charge on any atom is 0.496 e. The van der Waals surface area contributed by atoms with Crippen LogP contribution in [0.1, 0.15) is 64.1 Å². The van der Waals surface area contributed by atoms with Gasteiger partial charge in [-0.05, 0) is 64.2 Å². The van der Waals surface area contributed by atoms with Crippen molar-refractivity contribution in [2.45, 2.75) is 76.7 Å². The summed E-state index contributed by atoms with van der Waals surface area (Å²) in [6, 6.07) is 16.6. The molecule has 220 valence electrons. The van der Waals surface area contributed by atoms with Gasteiger partial charge in [-0.25, -0.2) is 0 Å². The highest BCUT2D eigenvalue weighted by atomic mass is 35.5. The number of hydrogen-bond acceptors (Lipinski definition) is 5. The van der Waals surface area contributed by atoms with Crippen LogP contribution in [0.15, 0.2) is 48.5 Å². The van der Waals surface area contributed by atoms with E-state index in [0.29, 0.717) is 16.5 Å². The van der Waals surface area contributed by atoms with Crippen LogP contribution in [0, 0.1) is 0 Å². The van der Waals surface area contributed by atoms with Crippen LogP contribution < -0.4 is 20.8 Å². The molecule has 6 rings (SSSR count). The highest BCUT2D eigenvalue weighted by Crippen LogP contribution is 2.45. The molecule has 2 N–H and O–H groups in total. The molecule has 1 unspecified atom stereocenters. The van der Waals surface area contributed by atoms with Crippen molar-refractivity contribution in [2.75, 3.05) is 13.7 Å². The van der Waals surface area contributed by atoms with Crippen LogP contribution in [0.4, 0.5) is 0 Å². The number of fused-ring (bicyclic) bond motifs is 1. The van der Waals surface area contributed by atoms with E-state index in [1.807, 2.05) is 64.1 Å². The molecule has 3 aromatic carbocycles. The minimum absolute atomic E-state index is 0.135. The average Bonchev–Trinajstić information content (AvgIpc) is 3.62. The lowest BCUT2D eigenvalue weighted by molar-refractivity contribution is -0.119. The van der Waals surface area contributed by atoms with E-state index in [1.54, 1.807) is 7.11 Å². The largest absolute Gasteiger partial charge is 0.496 e. The first-order chi connectivity index (χ1) is 20.0. The zero-order valence-electron chi connectivity index (χ0n) is 24.8. The third-order valence-electron chi connectivity index (χ3n) is 9.33. The number of carbonyl (C=O) groups excluding carboxylic acids is 1. The van der Waals surface area contributed by atoms with Crippen molar-refractivity contribution in [3.63, 3.8) is 0 Å². The summed E-state index contributed by atoms with van der Waals surface area (Å²) < 4.78 is 18.5. The van der Waals surface area contributed by atoms with E-state index in [4.69, 9.17) is 37.2 Å². The molecule has 2 atom stereocenters. The number of methoxy groups -OCH3 is 1. The zero-order chi connectivity index (χ0) is 29.8. The zero-order valence-corrected chi connectivity index (χ0v) is 26.3. The van der Waals surface area contributed by atoms with Crippen LogP contribution in [0.3, 0.4) is 0 Å². The Morgan fingerprint density at radius 2 is 1.62 bits per heavy atom. The fourth-order valence-corrected chi connectivity index (χ4v) is 6.90. The first-order valence-electron chi connectivity index (χ1n) is 14.7. The maximum atomic E-state index is 11.6. The summed E-state index contributed by atoms with van der Waals surface area (Å²) >= 11 is 14.2. The molecule has 0 aromatic heterocycles. The molecule has 2 heterocycles. The summed E-state index contributed by atoms with van der Waals surface area (Å²) in [6.45, 7) is 8.87. The molecular weight excluding hydrogens is 570 g/mol. The lowest BCUT2D eigenvalue weighted by Crippen LogP contribution is -2.41. The predicted molar refractivity (Wildman–Crippen MR) is 170 cm³/mol. The lowest BCUT2D eigenvalue weighted by atomic mass is 9.77. The third-order valence-corrected chi connectivity index (χ3v) is 10.2. The van der Waals surface area contributed by atoms with Crippen molar-refractivity contribution < 1.29 is 18.8 Å². The Balaban J connectivity index is 1.31. The second-order valence-corrected chi connectivity index (χ2v) is 13.3. The molecule has 0 bridgehead atoms. The molecule has 1 amide bonds. The molecule has 2 fully saturated rings. The Morgan fingerprint density at radius 3 is 2.29 bits per heavy atom. The van der Waals surface area contributed by atoms with Gasteiger partial charge >= 0.3 is 7.12 Å². The number of halogens is 2. The van der Waals surface area contributed by atoms with E-state index in [1.165, 1.54) is 11.1 Å². The minimum atomic E-state index is -0.572. The van der Waals surface area contributed by atoms with Crippen molar-refractivity contribution in [2.24, 2.45) is 0 Å². The van der Waals surface area contributed by atoms with E-state index in [-0.39, 0.29) is 18.0 Å². The summed E-state index contributed by atoms with van der Waals surface area (Å²) in [4.78, 5) is 11.6. The van der Waals surface area contributed by atoms with Gasteiger partial charge < -0.3 is 24.7 Å². The average molecular weight is 607 g/mol. The quantitative estimate of drug-likeness (QED) is 0.301. The van der Waals surface area contributed by atoms with Crippen LogP contribution in [-0.4, -0.2) is 43.9 Å². The van der Waals surface area contributed by atoms with Gasteiger partial charge in [0.05, 0.1) is 23.3 Å². The maximum absolute atomic E-state index is 11.6. The van der Waals surface area contributed by atoms with Crippen LogP contribution >= 0.6 is 23.2 Å². The highest BCUT2D eigenvalue weighted by molar-refractivity contribution is 6.66. The highest BCUT2D eigenvalue weighted by Gasteiger charge is 2.52. The van der Waals surface area contributed by atoms with Gasteiger partial charge in [0.1, 0.15) is 5.75 Å². The molecule has 9 heteroatoms. The summed E-state index contributed by atoms with van der Waals surface area (Å²) in [7, 11) is 1.14. The third kappa shape index (κ3) is 5.24. The van der Waals surface area contributed by atoms with Crippen molar-refractivity contribution in [3.05, 3.63) is 69.7 Å². The van der Waals surface area contributed by atoms with Gasteiger partial charge in [0.2, 0.25) is 5.91 Å². The number of nitrogens with one attached hydrogen (secondary N) is 2. The molecule has 3 aliphatic rings. The number of benzene rings is 3. The SMILES string of the molecule is COc1cc(-c2cccc(-c3cccc(B4OC(C)(C)C(C)(C)O4)c3Cl)c2Cl)cc2c1C(NC[C@@H]1CCC(=O)N1)CC2. The molecule has 2 aliphatic heterocycles. The second-order valence-electron chi connectivity index (χ2n) is 12.5. The number of aryl methyl sites for hydroxylation is 1. The second kappa shape index (κ2) is 11.2. The summed E-state index contributed by atoms with van der Waals surface area (Å²) in [5.41, 5.74) is 5.86. The fourth-order valence-electron chi connectivity index (χ4n) is 6.25. The van der Waals surface area contributed by atoms with E-state index in [9.17, 15) is 4.79 Å². The molecule has 42 heavy (non-hydrogen) atoms. The smallest absolute Gasteiger partial charge is 0.496 e. The van der Waals surface area contributed by atoms with Gasteiger partial charge in [-0.3, -0.25) is 4.79 Å². The summed E-state index contributed by atoms with van der Waals surface area (Å²) in [5.74, 6) is 0.978. The van der Waals surface area contributed by atoms with Crippen LogP contribution in [0.5, 0.6) is 5.75 Å². The Labute approximate surface area is 258 Å². The van der Waals surface area contributed by atoms with E-state index in [2.05, 4.69) is 22.8 Å².